The molecular weight excluding hydrogens is 500 g/mol. The zero-order valence-electron chi connectivity index (χ0n) is 23.2. The van der Waals surface area contributed by atoms with Crippen LogP contribution in [0.2, 0.25) is 0 Å². The molecule has 206 valence electrons. The molecule has 1 aliphatic heterocycles. The van der Waals surface area contributed by atoms with Gasteiger partial charge in [0.1, 0.15) is 12.4 Å². The first kappa shape index (κ1) is 26.1. The number of carbonyl (C=O) groups is 1. The number of anilines is 2. The van der Waals surface area contributed by atoms with Crippen molar-refractivity contribution >= 4 is 17.3 Å². The van der Waals surface area contributed by atoms with E-state index in [4.69, 9.17) is 0 Å². The predicted octanol–water partition coefficient (Wildman–Crippen LogP) is 4.61. The van der Waals surface area contributed by atoms with Gasteiger partial charge in [0.25, 0.3) is 0 Å². The maximum Gasteiger partial charge on any atom is 0.350 e. The molecule has 3 aromatic carbocycles. The van der Waals surface area contributed by atoms with Crippen LogP contribution in [0.15, 0.2) is 83.9 Å². The van der Waals surface area contributed by atoms with E-state index < -0.39 is 0 Å². The highest BCUT2D eigenvalue weighted by atomic mass is 16.2. The van der Waals surface area contributed by atoms with Gasteiger partial charge in [0.05, 0.1) is 11.7 Å². The number of hydrogen-bond acceptors (Lipinski definition) is 5. The van der Waals surface area contributed by atoms with Crippen LogP contribution in [-0.2, 0) is 17.6 Å². The largest absolute Gasteiger partial charge is 0.369 e. The number of amides is 1. The summed E-state index contributed by atoms with van der Waals surface area (Å²) in [7, 11) is 0. The second-order valence-corrected chi connectivity index (χ2v) is 11.0. The predicted molar refractivity (Wildman–Crippen MR) is 158 cm³/mol. The summed E-state index contributed by atoms with van der Waals surface area (Å²) in [5.74, 6) is 0.00864. The lowest BCUT2D eigenvalue weighted by Crippen LogP contribution is -2.50. The average molecular weight is 537 g/mol. The molecule has 1 fully saturated rings. The van der Waals surface area contributed by atoms with Crippen LogP contribution in [0.5, 0.6) is 0 Å². The molecule has 4 aromatic rings. The van der Waals surface area contributed by atoms with Crippen molar-refractivity contribution in [3.8, 4) is 5.69 Å². The Morgan fingerprint density at radius 2 is 1.55 bits per heavy atom. The molecule has 1 amide bonds. The Labute approximate surface area is 234 Å². The molecule has 8 nitrogen and oxygen atoms in total. The summed E-state index contributed by atoms with van der Waals surface area (Å²) in [5.41, 5.74) is 6.40. The Morgan fingerprint density at radius 1 is 0.850 bits per heavy atom. The Kier molecular flexibility index (Phi) is 7.26. The van der Waals surface area contributed by atoms with E-state index in [1.165, 1.54) is 22.2 Å². The van der Waals surface area contributed by atoms with Gasteiger partial charge in [-0.05, 0) is 86.2 Å². The molecular formula is C32H36N6O2. The van der Waals surface area contributed by atoms with E-state index in [1.54, 1.807) is 10.9 Å². The molecule has 40 heavy (non-hydrogen) atoms. The normalized spacial score (nSPS) is 16.2. The quantitative estimate of drug-likeness (QED) is 0.374. The minimum absolute atomic E-state index is 0.00864. The van der Waals surface area contributed by atoms with Crippen molar-refractivity contribution in [2.45, 2.75) is 45.2 Å². The molecule has 2 heterocycles. The Bertz CT molecular complexity index is 1530. The first-order chi connectivity index (χ1) is 19.5. The summed E-state index contributed by atoms with van der Waals surface area (Å²) < 4.78 is 3.06. The average Bonchev–Trinajstić information content (AvgIpc) is 3.60. The van der Waals surface area contributed by atoms with Crippen LogP contribution in [0.1, 0.15) is 49.0 Å². The Morgan fingerprint density at radius 3 is 2.25 bits per heavy atom. The fourth-order valence-corrected chi connectivity index (χ4v) is 5.93. The number of fused-ring (bicyclic) bond motifs is 1. The number of aromatic nitrogens is 3. The lowest BCUT2D eigenvalue weighted by atomic mass is 10.0. The zero-order chi connectivity index (χ0) is 27.6. The van der Waals surface area contributed by atoms with Gasteiger partial charge >= 0.3 is 5.69 Å². The lowest BCUT2D eigenvalue weighted by molar-refractivity contribution is -0.121. The van der Waals surface area contributed by atoms with Crippen molar-refractivity contribution in [3.63, 3.8) is 0 Å². The zero-order valence-corrected chi connectivity index (χ0v) is 23.2. The van der Waals surface area contributed by atoms with Crippen molar-refractivity contribution in [1.82, 2.24) is 19.2 Å². The molecule has 6 rings (SSSR count). The Balaban J connectivity index is 1.15. The van der Waals surface area contributed by atoms with Gasteiger partial charge in [0.2, 0.25) is 5.91 Å². The van der Waals surface area contributed by atoms with Crippen molar-refractivity contribution < 1.29 is 4.79 Å². The second-order valence-electron chi connectivity index (χ2n) is 11.0. The molecule has 1 atom stereocenters. The maximum absolute atomic E-state index is 13.7. The van der Waals surface area contributed by atoms with E-state index >= 15 is 0 Å². The molecule has 8 heteroatoms. The maximum atomic E-state index is 13.7. The fraction of sp³-hybridized carbons (Fsp3) is 0.344. The first-order valence-electron chi connectivity index (χ1n) is 14.2. The fourth-order valence-electron chi connectivity index (χ4n) is 5.93. The van der Waals surface area contributed by atoms with E-state index in [1.807, 2.05) is 62.4 Å². The molecule has 1 saturated heterocycles. The third kappa shape index (κ3) is 5.19. The van der Waals surface area contributed by atoms with E-state index in [0.29, 0.717) is 0 Å². The first-order valence-corrected chi connectivity index (χ1v) is 14.2. The summed E-state index contributed by atoms with van der Waals surface area (Å²) in [4.78, 5) is 31.0. The van der Waals surface area contributed by atoms with Crippen LogP contribution in [-0.4, -0.2) is 51.3 Å². The van der Waals surface area contributed by atoms with Crippen LogP contribution >= 0.6 is 0 Å². The SMILES string of the molecule is CC(C)n1ncn(-c2ccc(N3CCN([C@@H](C(=O)Nc4ccc5c(c4)CCC5)c4ccccc4)CC3)cc2)c1=O. The van der Waals surface area contributed by atoms with Gasteiger partial charge in [-0.3, -0.25) is 9.69 Å². The highest BCUT2D eigenvalue weighted by Crippen LogP contribution is 2.29. The lowest BCUT2D eigenvalue weighted by Gasteiger charge is -2.39. The van der Waals surface area contributed by atoms with Crippen LogP contribution < -0.4 is 15.9 Å². The third-order valence-electron chi connectivity index (χ3n) is 8.08. The number of piperazine rings is 1. The minimum Gasteiger partial charge on any atom is -0.369 e. The van der Waals surface area contributed by atoms with Crippen LogP contribution in [0.3, 0.4) is 0 Å². The summed E-state index contributed by atoms with van der Waals surface area (Å²) in [6.45, 7) is 7.03. The van der Waals surface area contributed by atoms with Gasteiger partial charge in [-0.2, -0.15) is 5.10 Å². The van der Waals surface area contributed by atoms with E-state index in [-0.39, 0.29) is 23.7 Å². The molecule has 0 spiro atoms. The standard InChI is InChI=1S/C32H36N6O2/c1-23(2)38-32(40)37(22-33-38)29-15-13-28(14-16-29)35-17-19-36(20-18-35)30(25-7-4-3-5-8-25)31(39)34-27-12-11-24-9-6-10-26(24)21-27/h3-5,7-8,11-16,21-23,30H,6,9-10,17-20H2,1-2H3,(H,34,39)/t30-/m1/s1. The highest BCUT2D eigenvalue weighted by Gasteiger charge is 2.31. The number of carbonyl (C=O) groups excluding carboxylic acids is 1. The van der Waals surface area contributed by atoms with Gasteiger partial charge < -0.3 is 10.2 Å². The van der Waals surface area contributed by atoms with Crippen molar-refractivity contribution in [3.05, 3.63) is 106 Å². The van der Waals surface area contributed by atoms with Crippen LogP contribution in [0.25, 0.3) is 5.69 Å². The van der Waals surface area contributed by atoms with Gasteiger partial charge in [-0.25, -0.2) is 14.0 Å². The topological polar surface area (TPSA) is 75.4 Å². The van der Waals surface area contributed by atoms with Crippen molar-refractivity contribution in [2.24, 2.45) is 0 Å². The van der Waals surface area contributed by atoms with E-state index in [2.05, 4.69) is 44.5 Å². The molecule has 2 aliphatic rings. The number of aryl methyl sites for hydroxylation is 2. The highest BCUT2D eigenvalue weighted by molar-refractivity contribution is 5.95. The molecule has 1 aliphatic carbocycles. The number of nitrogens with zero attached hydrogens (tertiary/aromatic N) is 5. The third-order valence-corrected chi connectivity index (χ3v) is 8.08. The summed E-state index contributed by atoms with van der Waals surface area (Å²) in [6, 6.07) is 24.1. The van der Waals surface area contributed by atoms with Gasteiger partial charge in [-0.15, -0.1) is 0 Å². The van der Waals surface area contributed by atoms with E-state index in [0.717, 1.165) is 61.6 Å². The number of hydrogen-bond donors (Lipinski definition) is 1. The molecule has 1 N–H and O–H groups in total. The van der Waals surface area contributed by atoms with Crippen molar-refractivity contribution in [1.29, 1.82) is 0 Å². The number of rotatable bonds is 7. The molecule has 0 radical (unpaired) electrons. The molecule has 1 aromatic heterocycles. The monoisotopic (exact) mass is 536 g/mol. The van der Waals surface area contributed by atoms with Gasteiger partial charge in [-0.1, -0.05) is 36.4 Å². The summed E-state index contributed by atoms with van der Waals surface area (Å²) in [6.07, 6.45) is 4.98. The van der Waals surface area contributed by atoms with Crippen LogP contribution in [0.4, 0.5) is 11.4 Å². The van der Waals surface area contributed by atoms with Gasteiger partial charge in [0, 0.05) is 37.6 Å². The Hall–Kier alpha value is -4.17. The molecule has 0 saturated carbocycles. The minimum atomic E-state index is -0.358. The summed E-state index contributed by atoms with van der Waals surface area (Å²) in [5, 5.41) is 7.44. The van der Waals surface area contributed by atoms with E-state index in [9.17, 15) is 9.59 Å². The molecule has 0 bridgehead atoms. The number of nitrogens with one attached hydrogen (secondary N) is 1. The second kappa shape index (κ2) is 11.1. The molecule has 0 unspecified atom stereocenters. The van der Waals surface area contributed by atoms with Crippen LogP contribution in [0, 0.1) is 0 Å². The number of benzene rings is 3. The summed E-state index contributed by atoms with van der Waals surface area (Å²) >= 11 is 0. The smallest absolute Gasteiger partial charge is 0.350 e. The van der Waals surface area contributed by atoms with Crippen molar-refractivity contribution in [2.75, 3.05) is 36.4 Å². The van der Waals surface area contributed by atoms with Gasteiger partial charge in [0.15, 0.2) is 0 Å².